The predicted octanol–water partition coefficient (Wildman–Crippen LogP) is 3.37. The van der Waals surface area contributed by atoms with Crippen LogP contribution < -0.4 is 9.80 Å². The highest BCUT2D eigenvalue weighted by atomic mass is 16.6. The van der Waals surface area contributed by atoms with Crippen molar-refractivity contribution in [1.29, 1.82) is 0 Å². The number of nitrogens with zero attached hydrogens (tertiary/aromatic N) is 9. The van der Waals surface area contributed by atoms with Crippen LogP contribution in [0.25, 0.3) is 0 Å². The molecular formula is C34H51N9O7. The zero-order valence-corrected chi connectivity index (χ0v) is 30.4. The minimum atomic E-state index is -0.814. The van der Waals surface area contributed by atoms with Crippen LogP contribution in [0.4, 0.5) is 21.5 Å². The van der Waals surface area contributed by atoms with Crippen molar-refractivity contribution in [2.75, 3.05) is 75.3 Å². The van der Waals surface area contributed by atoms with Crippen molar-refractivity contribution in [1.82, 2.24) is 34.6 Å². The van der Waals surface area contributed by atoms with Crippen molar-refractivity contribution < 1.29 is 33.4 Å². The van der Waals surface area contributed by atoms with Crippen LogP contribution in [0, 0.1) is 0 Å². The lowest BCUT2D eigenvalue weighted by Crippen LogP contribution is -2.49. The molecule has 2 fully saturated rings. The molecule has 2 aliphatic rings. The van der Waals surface area contributed by atoms with E-state index in [0.29, 0.717) is 62.2 Å². The molecule has 0 aromatic carbocycles. The fraction of sp³-hybridized carbons (Fsp3) is 0.647. The molecule has 0 atom stereocenters. The number of anilines is 2. The number of carbonyl (C=O) groups is 4. The van der Waals surface area contributed by atoms with Gasteiger partial charge < -0.3 is 28.9 Å². The van der Waals surface area contributed by atoms with Gasteiger partial charge in [0.05, 0.1) is 18.7 Å². The summed E-state index contributed by atoms with van der Waals surface area (Å²) >= 11 is 0. The van der Waals surface area contributed by atoms with Gasteiger partial charge in [-0.1, -0.05) is 0 Å². The molecule has 0 saturated carbocycles. The molecule has 0 N–H and O–H groups in total. The van der Waals surface area contributed by atoms with E-state index >= 15 is 0 Å². The van der Waals surface area contributed by atoms with Gasteiger partial charge in [-0.15, -0.1) is 0 Å². The number of esters is 1. The van der Waals surface area contributed by atoms with Gasteiger partial charge >= 0.3 is 18.2 Å². The summed E-state index contributed by atoms with van der Waals surface area (Å²) in [6, 6.07) is 0. The van der Waals surface area contributed by atoms with Crippen molar-refractivity contribution in [2.45, 2.75) is 79.1 Å². The fourth-order valence-corrected chi connectivity index (χ4v) is 5.36. The zero-order valence-electron chi connectivity index (χ0n) is 30.4. The van der Waals surface area contributed by atoms with Crippen LogP contribution in [0.3, 0.4) is 0 Å². The average Bonchev–Trinajstić information content (AvgIpc) is 3.06. The fourth-order valence-electron chi connectivity index (χ4n) is 5.36. The SMILES string of the molecule is CCOC(=O)c1cnc(N2CCN(CCCC(=O)N3CCN(c4ncc(CN(C(=O)OC(C)(C)C)C(=O)OC(C)(C)C)cn4)CC3)CC2)nc1. The molecule has 0 aliphatic carbocycles. The largest absolute Gasteiger partial charge is 0.462 e. The van der Waals surface area contributed by atoms with Gasteiger partial charge in [-0.05, 0) is 61.4 Å². The molecule has 0 spiro atoms. The van der Waals surface area contributed by atoms with Crippen molar-refractivity contribution in [3.63, 3.8) is 0 Å². The molecule has 2 aromatic heterocycles. The number of imide groups is 1. The second kappa shape index (κ2) is 16.9. The molecule has 0 radical (unpaired) electrons. The van der Waals surface area contributed by atoms with Crippen molar-refractivity contribution in [3.05, 3.63) is 35.9 Å². The maximum absolute atomic E-state index is 13.0. The number of ether oxygens (including phenoxy) is 3. The molecule has 16 heteroatoms. The second-order valence-electron chi connectivity index (χ2n) is 14.2. The Balaban J connectivity index is 1.18. The third kappa shape index (κ3) is 11.5. The van der Waals surface area contributed by atoms with Crippen LogP contribution >= 0.6 is 0 Å². The highest BCUT2D eigenvalue weighted by Gasteiger charge is 2.32. The van der Waals surface area contributed by atoms with Crippen molar-refractivity contribution >= 4 is 36.0 Å². The minimum absolute atomic E-state index is 0.108. The zero-order chi connectivity index (χ0) is 36.5. The number of amides is 3. The van der Waals surface area contributed by atoms with E-state index in [1.165, 1.54) is 12.4 Å². The molecule has 0 unspecified atom stereocenters. The highest BCUT2D eigenvalue weighted by Crippen LogP contribution is 2.19. The van der Waals surface area contributed by atoms with Crippen molar-refractivity contribution in [2.24, 2.45) is 0 Å². The number of aromatic nitrogens is 4. The molecule has 4 rings (SSSR count). The van der Waals surface area contributed by atoms with E-state index in [1.54, 1.807) is 60.9 Å². The highest BCUT2D eigenvalue weighted by molar-refractivity contribution is 5.89. The molecule has 2 aliphatic heterocycles. The Bertz CT molecular complexity index is 1420. The van der Waals surface area contributed by atoms with Crippen LogP contribution in [-0.2, 0) is 25.5 Å². The van der Waals surface area contributed by atoms with Gasteiger partial charge in [0.15, 0.2) is 0 Å². The van der Waals surface area contributed by atoms with Gasteiger partial charge in [-0.3, -0.25) is 9.69 Å². The molecule has 16 nitrogen and oxygen atoms in total. The van der Waals surface area contributed by atoms with Crippen LogP contribution in [0.5, 0.6) is 0 Å². The van der Waals surface area contributed by atoms with Gasteiger partial charge in [-0.2, -0.15) is 0 Å². The lowest BCUT2D eigenvalue weighted by molar-refractivity contribution is -0.131. The molecule has 0 bridgehead atoms. The molecule has 50 heavy (non-hydrogen) atoms. The van der Waals surface area contributed by atoms with E-state index in [0.717, 1.165) is 44.0 Å². The first kappa shape index (κ1) is 38.2. The first-order valence-electron chi connectivity index (χ1n) is 17.2. The van der Waals surface area contributed by atoms with E-state index in [2.05, 4.69) is 29.7 Å². The van der Waals surface area contributed by atoms with Gasteiger partial charge in [0, 0.05) is 89.1 Å². The number of carbonyl (C=O) groups excluding carboxylic acids is 4. The quantitative estimate of drug-likeness (QED) is 0.262. The monoisotopic (exact) mass is 697 g/mol. The van der Waals surface area contributed by atoms with Crippen molar-refractivity contribution in [3.8, 4) is 0 Å². The van der Waals surface area contributed by atoms with E-state index in [4.69, 9.17) is 14.2 Å². The minimum Gasteiger partial charge on any atom is -0.462 e. The first-order valence-corrected chi connectivity index (χ1v) is 17.2. The summed E-state index contributed by atoms with van der Waals surface area (Å²) in [6.45, 7) is 18.7. The maximum Gasteiger partial charge on any atom is 0.420 e. The molecule has 2 aromatic rings. The molecular weight excluding hydrogens is 646 g/mol. The summed E-state index contributed by atoms with van der Waals surface area (Å²) in [4.78, 5) is 77.4. The number of hydrogen-bond donors (Lipinski definition) is 0. The maximum atomic E-state index is 13.0. The molecule has 3 amide bonds. The van der Waals surface area contributed by atoms with Crippen LogP contribution in [0.15, 0.2) is 24.8 Å². The Labute approximate surface area is 294 Å². The standard InChI is InChI=1S/C34H51N9O7/c1-8-48-28(45)26-22-37-30(38-23-26)41-14-12-39(13-15-41)11-9-10-27(44)40-16-18-42(19-17-40)29-35-20-25(21-36-29)24-43(31(46)49-33(2,3)4)32(47)50-34(5,6)7/h20-23H,8-19,24H2,1-7H3. The summed E-state index contributed by atoms with van der Waals surface area (Å²) in [7, 11) is 0. The normalized spacial score (nSPS) is 15.8. The average molecular weight is 698 g/mol. The van der Waals surface area contributed by atoms with E-state index in [9.17, 15) is 19.2 Å². The molecule has 274 valence electrons. The topological polar surface area (TPSA) is 164 Å². The predicted molar refractivity (Wildman–Crippen MR) is 185 cm³/mol. The lowest BCUT2D eigenvalue weighted by atomic mass is 10.2. The van der Waals surface area contributed by atoms with E-state index in [-0.39, 0.29) is 12.5 Å². The summed E-state index contributed by atoms with van der Waals surface area (Å²) in [5.74, 6) is 0.821. The van der Waals surface area contributed by atoms with Gasteiger partial charge in [0.1, 0.15) is 11.2 Å². The summed E-state index contributed by atoms with van der Waals surface area (Å²) in [6.07, 6.45) is 5.79. The summed E-state index contributed by atoms with van der Waals surface area (Å²) < 4.78 is 15.9. The number of rotatable bonds is 10. The number of hydrogen-bond acceptors (Lipinski definition) is 14. The van der Waals surface area contributed by atoms with E-state index < -0.39 is 29.4 Å². The van der Waals surface area contributed by atoms with Gasteiger partial charge in [0.2, 0.25) is 17.8 Å². The summed E-state index contributed by atoms with van der Waals surface area (Å²) in [5, 5.41) is 0. The second-order valence-corrected chi connectivity index (χ2v) is 14.2. The van der Waals surface area contributed by atoms with Crippen LogP contribution in [-0.4, -0.2) is 135 Å². The third-order valence-electron chi connectivity index (χ3n) is 7.84. The Morgan fingerprint density at radius 2 is 1.20 bits per heavy atom. The molecule has 4 heterocycles. The first-order chi connectivity index (χ1) is 23.6. The summed E-state index contributed by atoms with van der Waals surface area (Å²) in [5.41, 5.74) is -0.709. The lowest BCUT2D eigenvalue weighted by Gasteiger charge is -2.36. The smallest absolute Gasteiger partial charge is 0.420 e. The Morgan fingerprint density at radius 3 is 1.68 bits per heavy atom. The Kier molecular flexibility index (Phi) is 12.9. The number of piperazine rings is 2. The third-order valence-corrected chi connectivity index (χ3v) is 7.84. The Hall–Kier alpha value is -4.60. The van der Waals surface area contributed by atoms with Crippen LogP contribution in [0.1, 0.15) is 77.2 Å². The van der Waals surface area contributed by atoms with Gasteiger partial charge in [-0.25, -0.2) is 39.2 Å². The molecule has 2 saturated heterocycles. The van der Waals surface area contributed by atoms with Gasteiger partial charge in [0.25, 0.3) is 0 Å². The van der Waals surface area contributed by atoms with Crippen LogP contribution in [0.2, 0.25) is 0 Å². The van der Waals surface area contributed by atoms with E-state index in [1.807, 2.05) is 9.80 Å². The Morgan fingerprint density at radius 1 is 0.720 bits per heavy atom.